The SMILES string of the molecule is CC#C[N+]1=C(/C=C/C=C/C=C/C=C2/N(CCC)c3ccccc3C2(C)C)C(C)(C)c2ccccc21. The van der Waals surface area contributed by atoms with Crippen LogP contribution < -0.4 is 4.90 Å². The molecule has 0 aromatic heterocycles. The van der Waals surface area contributed by atoms with E-state index in [2.05, 4.69) is 147 Å². The Morgan fingerprint density at radius 1 is 0.829 bits per heavy atom. The number of fused-ring (bicyclic) bond motifs is 2. The smallest absolute Gasteiger partial charge is 0.229 e. The van der Waals surface area contributed by atoms with Crippen LogP contribution in [0.2, 0.25) is 0 Å². The maximum Gasteiger partial charge on any atom is 0.229 e. The van der Waals surface area contributed by atoms with E-state index in [0.29, 0.717) is 0 Å². The number of anilines is 1. The van der Waals surface area contributed by atoms with Crippen LogP contribution in [0.15, 0.2) is 96.8 Å². The lowest BCUT2D eigenvalue weighted by molar-refractivity contribution is -0.332. The van der Waals surface area contributed by atoms with Gasteiger partial charge in [0.05, 0.1) is 5.41 Å². The van der Waals surface area contributed by atoms with Crippen LogP contribution in [0, 0.1) is 12.0 Å². The van der Waals surface area contributed by atoms with Crippen molar-refractivity contribution in [3.8, 4) is 12.0 Å². The van der Waals surface area contributed by atoms with E-state index in [-0.39, 0.29) is 10.8 Å². The quantitative estimate of drug-likeness (QED) is 0.242. The highest BCUT2D eigenvalue weighted by Gasteiger charge is 2.44. The number of hydrogen-bond acceptors (Lipinski definition) is 1. The molecule has 2 aromatic carbocycles. The topological polar surface area (TPSA) is 6.25 Å². The molecule has 0 radical (unpaired) electrons. The molecule has 0 atom stereocenters. The van der Waals surface area contributed by atoms with Crippen LogP contribution >= 0.6 is 0 Å². The molecule has 0 amide bonds. The molecule has 2 heterocycles. The molecule has 2 heteroatoms. The molecule has 0 saturated carbocycles. The van der Waals surface area contributed by atoms with Crippen molar-refractivity contribution in [3.05, 3.63) is 108 Å². The van der Waals surface area contributed by atoms with Gasteiger partial charge in [-0.15, -0.1) is 4.58 Å². The van der Waals surface area contributed by atoms with Gasteiger partial charge < -0.3 is 4.90 Å². The molecule has 178 valence electrons. The minimum atomic E-state index is -0.0865. The lowest BCUT2D eigenvalue weighted by atomic mass is 9.81. The molecule has 2 aliphatic heterocycles. The van der Waals surface area contributed by atoms with Crippen LogP contribution in [0.1, 0.15) is 59.1 Å². The van der Waals surface area contributed by atoms with Crippen molar-refractivity contribution in [3.63, 3.8) is 0 Å². The van der Waals surface area contributed by atoms with Crippen molar-refractivity contribution in [2.45, 2.75) is 58.8 Å². The lowest BCUT2D eigenvalue weighted by Gasteiger charge is -2.26. The number of hydrogen-bond donors (Lipinski definition) is 0. The Balaban J connectivity index is 1.53. The zero-order valence-corrected chi connectivity index (χ0v) is 22.0. The molecule has 2 nitrogen and oxygen atoms in total. The van der Waals surface area contributed by atoms with Gasteiger partial charge in [0.2, 0.25) is 17.4 Å². The second kappa shape index (κ2) is 9.96. The van der Waals surface area contributed by atoms with E-state index < -0.39 is 0 Å². The summed E-state index contributed by atoms with van der Waals surface area (Å²) in [5.74, 6) is 3.07. The second-order valence-electron chi connectivity index (χ2n) is 10.2. The Labute approximate surface area is 211 Å². The Hall–Kier alpha value is -3.57. The standard InChI is InChI=1S/C33H37N2/c1-7-24-34-28-20-16-14-18-26(28)32(3,4)30(34)22-12-10-9-11-13-23-31-33(5,6)27-19-15-17-21-29(27)35(31)25-8-2/h9-23H,7,24H2,1-6H3/q+1. The van der Waals surface area contributed by atoms with Gasteiger partial charge in [-0.1, -0.05) is 87.5 Å². The van der Waals surface area contributed by atoms with Gasteiger partial charge in [0.1, 0.15) is 0 Å². The van der Waals surface area contributed by atoms with Crippen LogP contribution in [-0.2, 0) is 10.8 Å². The molecule has 2 aromatic rings. The van der Waals surface area contributed by atoms with E-state index in [9.17, 15) is 0 Å². The number of nitrogens with zero attached hydrogens (tertiary/aromatic N) is 2. The molecule has 0 N–H and O–H groups in total. The fourth-order valence-corrected chi connectivity index (χ4v) is 5.35. The first-order valence-electron chi connectivity index (χ1n) is 12.6. The van der Waals surface area contributed by atoms with Crippen LogP contribution in [0.4, 0.5) is 11.4 Å². The average molecular weight is 462 g/mol. The number of rotatable bonds is 6. The summed E-state index contributed by atoms with van der Waals surface area (Å²) in [5.41, 5.74) is 7.71. The molecular weight excluding hydrogens is 424 g/mol. The summed E-state index contributed by atoms with van der Waals surface area (Å²) in [7, 11) is 0. The van der Waals surface area contributed by atoms with Crippen molar-refractivity contribution in [2.75, 3.05) is 11.4 Å². The highest BCUT2D eigenvalue weighted by molar-refractivity contribution is 6.03. The third-order valence-corrected chi connectivity index (χ3v) is 7.12. The minimum Gasteiger partial charge on any atom is -0.344 e. The molecule has 0 fully saturated rings. The minimum absolute atomic E-state index is 0.00317. The first-order valence-corrected chi connectivity index (χ1v) is 12.6. The largest absolute Gasteiger partial charge is 0.344 e. The van der Waals surface area contributed by atoms with Crippen LogP contribution in [-0.4, -0.2) is 16.8 Å². The van der Waals surface area contributed by atoms with E-state index in [4.69, 9.17) is 0 Å². The van der Waals surface area contributed by atoms with Gasteiger partial charge in [0.15, 0.2) is 0 Å². The van der Waals surface area contributed by atoms with E-state index in [1.165, 1.54) is 33.9 Å². The van der Waals surface area contributed by atoms with Gasteiger partial charge >= 0.3 is 0 Å². The van der Waals surface area contributed by atoms with Gasteiger partial charge in [-0.2, -0.15) is 0 Å². The van der Waals surface area contributed by atoms with Crippen LogP contribution in [0.5, 0.6) is 0 Å². The van der Waals surface area contributed by atoms with Crippen molar-refractivity contribution >= 4 is 17.1 Å². The van der Waals surface area contributed by atoms with Gasteiger partial charge in [0.25, 0.3) is 0 Å². The number of allylic oxidation sites excluding steroid dienone is 8. The summed E-state index contributed by atoms with van der Waals surface area (Å²) in [6.07, 6.45) is 16.2. The maximum atomic E-state index is 3.27. The highest BCUT2D eigenvalue weighted by atomic mass is 15.2. The van der Waals surface area contributed by atoms with Gasteiger partial charge in [-0.25, -0.2) is 0 Å². The summed E-state index contributed by atoms with van der Waals surface area (Å²) in [6.45, 7) is 14.3. The predicted octanol–water partition coefficient (Wildman–Crippen LogP) is 7.80. The third kappa shape index (κ3) is 4.44. The third-order valence-electron chi connectivity index (χ3n) is 7.12. The van der Waals surface area contributed by atoms with Gasteiger partial charge in [-0.05, 0) is 43.9 Å². The van der Waals surface area contributed by atoms with E-state index in [0.717, 1.165) is 13.0 Å². The predicted molar refractivity (Wildman–Crippen MR) is 150 cm³/mol. The second-order valence-corrected chi connectivity index (χ2v) is 10.2. The Morgan fingerprint density at radius 3 is 2.23 bits per heavy atom. The van der Waals surface area contributed by atoms with Gasteiger partial charge in [0, 0.05) is 48.0 Å². The van der Waals surface area contributed by atoms with Crippen molar-refractivity contribution in [1.82, 2.24) is 0 Å². The first kappa shape index (κ1) is 24.6. The molecule has 0 spiro atoms. The summed E-state index contributed by atoms with van der Waals surface area (Å²) >= 11 is 0. The Bertz CT molecular complexity index is 1320. The van der Waals surface area contributed by atoms with E-state index in [1.54, 1.807) is 0 Å². The summed E-state index contributed by atoms with van der Waals surface area (Å²) in [5, 5.41) is 0. The monoisotopic (exact) mass is 461 g/mol. The molecular formula is C33H37N2+. The van der Waals surface area contributed by atoms with Crippen LogP contribution in [0.25, 0.3) is 0 Å². The van der Waals surface area contributed by atoms with Crippen molar-refractivity contribution in [1.29, 1.82) is 0 Å². The Kier molecular flexibility index (Phi) is 6.99. The molecule has 4 rings (SSSR count). The molecule has 0 saturated heterocycles. The zero-order valence-electron chi connectivity index (χ0n) is 22.0. The molecule has 0 bridgehead atoms. The van der Waals surface area contributed by atoms with E-state index >= 15 is 0 Å². The zero-order chi connectivity index (χ0) is 25.1. The van der Waals surface area contributed by atoms with Gasteiger partial charge in [-0.3, -0.25) is 0 Å². The number of benzene rings is 2. The maximum absolute atomic E-state index is 3.27. The molecule has 2 aliphatic rings. The average Bonchev–Trinajstić information content (AvgIpc) is 3.19. The molecule has 0 unspecified atom stereocenters. The summed E-state index contributed by atoms with van der Waals surface area (Å²) < 4.78 is 2.13. The molecule has 35 heavy (non-hydrogen) atoms. The Morgan fingerprint density at radius 2 is 1.49 bits per heavy atom. The normalized spacial score (nSPS) is 19.1. The first-order chi connectivity index (χ1) is 16.8. The van der Waals surface area contributed by atoms with E-state index in [1.807, 2.05) is 6.92 Å². The van der Waals surface area contributed by atoms with Crippen molar-refractivity contribution < 1.29 is 4.58 Å². The lowest BCUT2D eigenvalue weighted by Crippen LogP contribution is -2.26. The number of para-hydroxylation sites is 2. The van der Waals surface area contributed by atoms with Crippen molar-refractivity contribution in [2.24, 2.45) is 0 Å². The molecule has 0 aliphatic carbocycles. The fourth-order valence-electron chi connectivity index (χ4n) is 5.35. The fraction of sp³-hybridized carbons (Fsp3) is 0.303. The summed E-state index contributed by atoms with van der Waals surface area (Å²) in [6, 6.07) is 20.6. The highest BCUT2D eigenvalue weighted by Crippen LogP contribution is 2.47. The summed E-state index contributed by atoms with van der Waals surface area (Å²) in [4.78, 5) is 2.48. The van der Waals surface area contributed by atoms with Crippen LogP contribution in [0.3, 0.4) is 0 Å².